The fraction of sp³-hybridized carbons (Fsp3) is 0.600. The molecule has 25 heavy (non-hydrogen) atoms. The molecule has 2 atom stereocenters. The molecule has 1 aliphatic rings. The molecule has 0 radical (unpaired) electrons. The van der Waals surface area contributed by atoms with Crippen LogP contribution in [-0.4, -0.2) is 24.3 Å². The summed E-state index contributed by atoms with van der Waals surface area (Å²) in [7, 11) is 0. The number of rotatable bonds is 8. The fourth-order valence-electron chi connectivity index (χ4n) is 3.64. The van der Waals surface area contributed by atoms with Crippen molar-refractivity contribution in [3.63, 3.8) is 0 Å². The van der Waals surface area contributed by atoms with Gasteiger partial charge in [0, 0.05) is 17.9 Å². The van der Waals surface area contributed by atoms with Gasteiger partial charge in [-0.2, -0.15) is 8.78 Å². The number of halogens is 2. The Balaban J connectivity index is 1.93. The Bertz CT molecular complexity index is 572. The largest absolute Gasteiger partial charge is 0.462 e. The standard InChI is InChI=1S/C20H26F2O3/c1-2-25-19(24)20(21,22)14-8-12-15-9-6-7-13-17(15)18(23)16-10-4-3-5-11-16/h3-5,10-11,15,17H,2,6-9,12-14H2,1H3/t15-,17+/m0/s1. The minimum absolute atomic E-state index is 0.0509. The molecule has 0 spiro atoms. The monoisotopic (exact) mass is 352 g/mol. The molecule has 0 unspecified atom stereocenters. The summed E-state index contributed by atoms with van der Waals surface area (Å²) in [5.41, 5.74) is 0.691. The number of ether oxygens (including phenoxy) is 1. The molecule has 138 valence electrons. The summed E-state index contributed by atoms with van der Waals surface area (Å²) in [4.78, 5) is 24.0. The summed E-state index contributed by atoms with van der Waals surface area (Å²) >= 11 is 0. The second kappa shape index (κ2) is 9.07. The number of hydrogen-bond acceptors (Lipinski definition) is 3. The van der Waals surface area contributed by atoms with Gasteiger partial charge in [-0.15, -0.1) is 0 Å². The van der Waals surface area contributed by atoms with Gasteiger partial charge in [0.1, 0.15) is 0 Å². The number of Topliss-reactive ketones (excluding diaryl/α,β-unsaturated/α-hetero) is 1. The van der Waals surface area contributed by atoms with E-state index in [1.807, 2.05) is 30.3 Å². The zero-order valence-corrected chi connectivity index (χ0v) is 14.7. The first-order valence-electron chi connectivity index (χ1n) is 9.10. The van der Waals surface area contributed by atoms with E-state index in [9.17, 15) is 18.4 Å². The van der Waals surface area contributed by atoms with Crippen molar-refractivity contribution in [1.29, 1.82) is 0 Å². The lowest BCUT2D eigenvalue weighted by Crippen LogP contribution is -2.32. The van der Waals surface area contributed by atoms with Crippen molar-refractivity contribution < 1.29 is 23.1 Å². The van der Waals surface area contributed by atoms with E-state index in [1.165, 1.54) is 6.92 Å². The third-order valence-corrected chi connectivity index (χ3v) is 4.94. The molecule has 0 N–H and O–H groups in total. The second-order valence-electron chi connectivity index (χ2n) is 6.70. The van der Waals surface area contributed by atoms with E-state index in [0.29, 0.717) is 12.0 Å². The quantitative estimate of drug-likeness (QED) is 0.486. The Hall–Kier alpha value is -1.78. The van der Waals surface area contributed by atoms with E-state index in [-0.39, 0.29) is 30.6 Å². The average molecular weight is 352 g/mol. The van der Waals surface area contributed by atoms with E-state index < -0.39 is 18.3 Å². The van der Waals surface area contributed by atoms with Crippen LogP contribution in [0.25, 0.3) is 0 Å². The van der Waals surface area contributed by atoms with Crippen LogP contribution < -0.4 is 0 Å². The fourth-order valence-corrected chi connectivity index (χ4v) is 3.64. The molecule has 1 fully saturated rings. The van der Waals surface area contributed by atoms with Crippen LogP contribution in [0.3, 0.4) is 0 Å². The van der Waals surface area contributed by atoms with Gasteiger partial charge in [-0.25, -0.2) is 4.79 Å². The van der Waals surface area contributed by atoms with Crippen molar-refractivity contribution in [1.82, 2.24) is 0 Å². The van der Waals surface area contributed by atoms with Crippen molar-refractivity contribution in [2.45, 2.75) is 57.8 Å². The van der Waals surface area contributed by atoms with Gasteiger partial charge in [0.15, 0.2) is 5.78 Å². The van der Waals surface area contributed by atoms with Crippen molar-refractivity contribution in [2.24, 2.45) is 11.8 Å². The summed E-state index contributed by atoms with van der Waals surface area (Å²) in [6.45, 7) is 1.46. The summed E-state index contributed by atoms with van der Waals surface area (Å²) < 4.78 is 31.9. The van der Waals surface area contributed by atoms with Crippen LogP contribution in [0, 0.1) is 11.8 Å². The van der Waals surface area contributed by atoms with Gasteiger partial charge in [-0.05, 0) is 38.5 Å². The van der Waals surface area contributed by atoms with Crippen LogP contribution in [0.15, 0.2) is 30.3 Å². The predicted octanol–water partition coefficient (Wildman–Crippen LogP) is 5.04. The Morgan fingerprint density at radius 2 is 1.84 bits per heavy atom. The maximum absolute atomic E-state index is 13.7. The maximum atomic E-state index is 13.7. The van der Waals surface area contributed by atoms with Crippen molar-refractivity contribution >= 4 is 11.8 Å². The summed E-state index contributed by atoms with van der Waals surface area (Å²) in [5, 5.41) is 0. The van der Waals surface area contributed by atoms with Crippen molar-refractivity contribution in [3.05, 3.63) is 35.9 Å². The van der Waals surface area contributed by atoms with Gasteiger partial charge in [-0.3, -0.25) is 4.79 Å². The number of hydrogen-bond donors (Lipinski definition) is 0. The molecule has 0 aromatic heterocycles. The van der Waals surface area contributed by atoms with Crippen molar-refractivity contribution in [3.8, 4) is 0 Å². The molecule has 0 heterocycles. The average Bonchev–Trinajstić information content (AvgIpc) is 2.62. The molecule has 1 aliphatic carbocycles. The number of carbonyl (C=O) groups is 2. The van der Waals surface area contributed by atoms with E-state index in [0.717, 1.165) is 25.7 Å². The summed E-state index contributed by atoms with van der Waals surface area (Å²) in [6.07, 6.45) is 3.96. The van der Waals surface area contributed by atoms with Crippen LogP contribution in [0.2, 0.25) is 0 Å². The number of alkyl halides is 2. The number of ketones is 1. The highest BCUT2D eigenvalue weighted by Crippen LogP contribution is 2.36. The third-order valence-electron chi connectivity index (χ3n) is 4.94. The lowest BCUT2D eigenvalue weighted by Gasteiger charge is -2.31. The molecule has 1 saturated carbocycles. The molecule has 2 rings (SSSR count). The lowest BCUT2D eigenvalue weighted by atomic mass is 9.73. The summed E-state index contributed by atoms with van der Waals surface area (Å²) in [5.74, 6) is -4.77. The lowest BCUT2D eigenvalue weighted by molar-refractivity contribution is -0.172. The first-order chi connectivity index (χ1) is 12.0. The molecule has 3 nitrogen and oxygen atoms in total. The number of carbonyl (C=O) groups excluding carboxylic acids is 2. The minimum Gasteiger partial charge on any atom is -0.462 e. The molecule has 1 aromatic carbocycles. The smallest absolute Gasteiger partial charge is 0.376 e. The van der Waals surface area contributed by atoms with Gasteiger partial charge in [0.05, 0.1) is 6.61 Å². The van der Waals surface area contributed by atoms with Gasteiger partial charge in [0.25, 0.3) is 0 Å². The first kappa shape index (κ1) is 19.5. The van der Waals surface area contributed by atoms with Gasteiger partial charge >= 0.3 is 11.9 Å². The Morgan fingerprint density at radius 3 is 2.52 bits per heavy atom. The van der Waals surface area contributed by atoms with Crippen LogP contribution in [0.4, 0.5) is 8.78 Å². The van der Waals surface area contributed by atoms with Crippen LogP contribution in [0.1, 0.15) is 62.2 Å². The van der Waals surface area contributed by atoms with Crippen molar-refractivity contribution in [2.75, 3.05) is 6.61 Å². The first-order valence-corrected chi connectivity index (χ1v) is 9.10. The Kier molecular flexibility index (Phi) is 7.09. The zero-order chi connectivity index (χ0) is 18.3. The molecular weight excluding hydrogens is 326 g/mol. The zero-order valence-electron chi connectivity index (χ0n) is 14.7. The highest BCUT2D eigenvalue weighted by Gasteiger charge is 2.40. The second-order valence-corrected chi connectivity index (χ2v) is 6.70. The Labute approximate surface area is 147 Å². The number of benzene rings is 1. The predicted molar refractivity (Wildman–Crippen MR) is 91.7 cm³/mol. The minimum atomic E-state index is -3.44. The SMILES string of the molecule is CCOC(=O)C(F)(F)CCC[C@@H]1CCCC[C@H]1C(=O)c1ccccc1. The normalized spacial score (nSPS) is 20.9. The highest BCUT2D eigenvalue weighted by atomic mass is 19.3. The molecule has 0 amide bonds. The molecule has 0 bridgehead atoms. The highest BCUT2D eigenvalue weighted by molar-refractivity contribution is 5.98. The molecular formula is C20H26F2O3. The molecule has 0 saturated heterocycles. The molecule has 5 heteroatoms. The summed E-state index contributed by atoms with van der Waals surface area (Å²) in [6, 6.07) is 9.16. The molecule has 0 aliphatic heterocycles. The molecule has 1 aromatic rings. The Morgan fingerprint density at radius 1 is 1.16 bits per heavy atom. The van der Waals surface area contributed by atoms with E-state index in [2.05, 4.69) is 4.74 Å². The van der Waals surface area contributed by atoms with Gasteiger partial charge < -0.3 is 4.74 Å². The maximum Gasteiger partial charge on any atom is 0.376 e. The van der Waals surface area contributed by atoms with E-state index >= 15 is 0 Å². The van der Waals surface area contributed by atoms with Gasteiger partial charge in [-0.1, -0.05) is 43.2 Å². The topological polar surface area (TPSA) is 43.4 Å². The van der Waals surface area contributed by atoms with E-state index in [1.54, 1.807) is 0 Å². The van der Waals surface area contributed by atoms with Crippen LogP contribution in [0.5, 0.6) is 0 Å². The van der Waals surface area contributed by atoms with E-state index in [4.69, 9.17) is 0 Å². The van der Waals surface area contributed by atoms with Crippen LogP contribution in [-0.2, 0) is 9.53 Å². The third kappa shape index (κ3) is 5.35. The van der Waals surface area contributed by atoms with Gasteiger partial charge in [0.2, 0.25) is 0 Å². The number of esters is 1. The van der Waals surface area contributed by atoms with Crippen LogP contribution >= 0.6 is 0 Å².